The lowest BCUT2D eigenvalue weighted by Gasteiger charge is -2.41. The van der Waals surface area contributed by atoms with Crippen LogP contribution in [0.4, 0.5) is 5.95 Å². The highest BCUT2D eigenvalue weighted by atomic mass is 35.5. The number of hydrogen-bond acceptors (Lipinski definition) is 8. The lowest BCUT2D eigenvalue weighted by Crippen LogP contribution is -2.51. The lowest BCUT2D eigenvalue weighted by atomic mass is 9.73. The fourth-order valence-electron chi connectivity index (χ4n) is 4.64. The summed E-state index contributed by atoms with van der Waals surface area (Å²) < 4.78 is 9.14. The van der Waals surface area contributed by atoms with Gasteiger partial charge in [-0.2, -0.15) is 5.10 Å². The van der Waals surface area contributed by atoms with Crippen LogP contribution >= 0.6 is 23.4 Å². The smallest absolute Gasteiger partial charge is 0.290 e. The topological polar surface area (TPSA) is 128 Å². The third-order valence-electron chi connectivity index (χ3n) is 6.70. The van der Waals surface area contributed by atoms with Gasteiger partial charge in [0.05, 0.1) is 40.5 Å². The van der Waals surface area contributed by atoms with Crippen molar-refractivity contribution in [2.75, 3.05) is 24.6 Å². The monoisotopic (exact) mass is 506 g/mol. The second-order valence-electron chi connectivity index (χ2n) is 8.54. The molecule has 2 aliphatic heterocycles. The molecular formula is C22H27ClN6O4S. The number of pyridine rings is 1. The first-order chi connectivity index (χ1) is 16.3. The number of halogens is 1. The molecule has 2 atom stereocenters. The van der Waals surface area contributed by atoms with E-state index in [0.717, 1.165) is 36.3 Å². The van der Waals surface area contributed by atoms with Crippen molar-refractivity contribution in [1.29, 1.82) is 0 Å². The molecule has 182 valence electrons. The zero-order chi connectivity index (χ0) is 24.5. The number of nitrogens with zero attached hydrogens (tertiary/aromatic N) is 5. The molecular weight excluding hydrogens is 480 g/mol. The van der Waals surface area contributed by atoms with E-state index in [1.807, 2.05) is 25.3 Å². The number of anilines is 1. The summed E-state index contributed by atoms with van der Waals surface area (Å²) in [6.07, 6.45) is 7.14. The second kappa shape index (κ2) is 9.95. The summed E-state index contributed by atoms with van der Waals surface area (Å²) in [7, 11) is 1.77. The molecule has 0 radical (unpaired) electrons. The van der Waals surface area contributed by atoms with Crippen molar-refractivity contribution < 1.29 is 14.6 Å². The van der Waals surface area contributed by atoms with Crippen LogP contribution in [0.15, 0.2) is 45.3 Å². The van der Waals surface area contributed by atoms with Crippen LogP contribution in [-0.2, 0) is 16.6 Å². The third kappa shape index (κ3) is 4.40. The molecule has 2 saturated heterocycles. The van der Waals surface area contributed by atoms with Crippen molar-refractivity contribution in [2.24, 2.45) is 18.2 Å². The Bertz CT molecular complexity index is 1240. The molecule has 2 fully saturated rings. The summed E-state index contributed by atoms with van der Waals surface area (Å²) in [5.74, 6) is 0.682. The molecule has 0 saturated carbocycles. The molecule has 0 amide bonds. The third-order valence-corrected chi connectivity index (χ3v) is 8.27. The van der Waals surface area contributed by atoms with Crippen LogP contribution in [0, 0.1) is 5.41 Å². The van der Waals surface area contributed by atoms with Crippen LogP contribution in [0.5, 0.6) is 0 Å². The van der Waals surface area contributed by atoms with Gasteiger partial charge in [0, 0.05) is 42.7 Å². The maximum atomic E-state index is 13.1. The number of fused-ring (bicyclic) bond motifs is 1. The molecule has 5 rings (SSSR count). The van der Waals surface area contributed by atoms with Crippen LogP contribution in [0.1, 0.15) is 19.8 Å². The van der Waals surface area contributed by atoms with Crippen molar-refractivity contribution in [3.05, 3.63) is 46.1 Å². The highest BCUT2D eigenvalue weighted by Gasteiger charge is 2.47. The Morgan fingerprint density at radius 2 is 2.03 bits per heavy atom. The Morgan fingerprint density at radius 3 is 2.68 bits per heavy atom. The van der Waals surface area contributed by atoms with E-state index in [1.165, 1.54) is 11.8 Å². The highest BCUT2D eigenvalue weighted by Crippen LogP contribution is 2.41. The average molecular weight is 507 g/mol. The first-order valence-electron chi connectivity index (χ1n) is 10.9. The maximum absolute atomic E-state index is 13.1. The van der Waals surface area contributed by atoms with Crippen molar-refractivity contribution in [3.63, 3.8) is 0 Å². The second-order valence-corrected chi connectivity index (χ2v) is 10.0. The van der Waals surface area contributed by atoms with Gasteiger partial charge in [-0.3, -0.25) is 14.2 Å². The van der Waals surface area contributed by atoms with Crippen molar-refractivity contribution in [1.82, 2.24) is 19.2 Å². The first kappa shape index (κ1) is 24.5. The summed E-state index contributed by atoms with van der Waals surface area (Å²) in [6, 6.07) is 3.76. The van der Waals surface area contributed by atoms with E-state index in [2.05, 4.69) is 15.0 Å². The van der Waals surface area contributed by atoms with Crippen LogP contribution < -0.4 is 16.2 Å². The van der Waals surface area contributed by atoms with E-state index < -0.39 is 0 Å². The number of nitrogens with two attached hydrogens (primary N) is 1. The van der Waals surface area contributed by atoms with E-state index in [9.17, 15) is 4.79 Å². The van der Waals surface area contributed by atoms with Gasteiger partial charge in [-0.1, -0.05) is 23.4 Å². The van der Waals surface area contributed by atoms with E-state index >= 15 is 0 Å². The van der Waals surface area contributed by atoms with Gasteiger partial charge in [0.15, 0.2) is 0 Å². The van der Waals surface area contributed by atoms with Crippen molar-refractivity contribution >= 4 is 41.3 Å². The fourth-order valence-corrected chi connectivity index (χ4v) is 5.86. The number of aromatic nitrogens is 4. The molecule has 12 heteroatoms. The Kier molecular flexibility index (Phi) is 7.17. The molecule has 34 heavy (non-hydrogen) atoms. The molecule has 1 spiro atoms. The Hall–Kier alpha value is -2.60. The highest BCUT2D eigenvalue weighted by molar-refractivity contribution is 7.99. The minimum Gasteiger partial charge on any atom is -0.483 e. The van der Waals surface area contributed by atoms with Crippen LogP contribution in [0.2, 0.25) is 5.02 Å². The predicted octanol–water partition coefficient (Wildman–Crippen LogP) is 2.27. The SMILES string of the molecule is C[C@@H]1OCC2(CCN(c3ncc(Sc4ccn5nccc5c4Cl)c(=O)n3C)CC2)[C@@H]1N.O=CO. The standard InChI is InChI=1S/C21H25ClN6O2S.CH2O2/c1-13-18(23)21(12-30-13)5-9-27(10-6-21)20-24-11-16(19(29)26(20)2)31-15-4-8-28-14(17(15)22)3-7-25-28;2-1-3/h3-4,7-8,11,13,18H,5-6,9-10,12,23H2,1-2H3;1H,(H,2,3)/t13-,18+;/m0./s1. The quantitative estimate of drug-likeness (QED) is 0.514. The van der Waals surface area contributed by atoms with Gasteiger partial charge >= 0.3 is 0 Å². The van der Waals surface area contributed by atoms with Crippen LogP contribution in [-0.4, -0.2) is 62.6 Å². The van der Waals surface area contributed by atoms with Gasteiger partial charge in [0.2, 0.25) is 5.95 Å². The Labute approximate surface area is 205 Å². The molecule has 5 heterocycles. The normalized spacial score (nSPS) is 21.5. The van der Waals surface area contributed by atoms with Gasteiger partial charge in [-0.05, 0) is 31.9 Å². The molecule has 10 nitrogen and oxygen atoms in total. The number of carboxylic acid groups (broad SMARTS) is 1. The lowest BCUT2D eigenvalue weighted by molar-refractivity contribution is -0.122. The molecule has 2 aliphatic rings. The average Bonchev–Trinajstić information content (AvgIpc) is 3.42. The van der Waals surface area contributed by atoms with E-state index in [1.54, 1.807) is 28.5 Å². The molecule has 0 unspecified atom stereocenters. The van der Waals surface area contributed by atoms with Gasteiger partial charge < -0.3 is 20.5 Å². The molecule has 0 bridgehead atoms. The summed E-state index contributed by atoms with van der Waals surface area (Å²) >= 11 is 7.84. The summed E-state index contributed by atoms with van der Waals surface area (Å²) in [4.78, 5) is 29.6. The van der Waals surface area contributed by atoms with Crippen LogP contribution in [0.25, 0.3) is 5.52 Å². The molecule has 3 aromatic heterocycles. The largest absolute Gasteiger partial charge is 0.483 e. The van der Waals surface area contributed by atoms with Crippen LogP contribution in [0.3, 0.4) is 0 Å². The molecule has 0 aromatic carbocycles. The Balaban J connectivity index is 0.000000868. The molecule has 3 N–H and O–H groups in total. The summed E-state index contributed by atoms with van der Waals surface area (Å²) in [5, 5.41) is 11.6. The van der Waals surface area contributed by atoms with Gasteiger partial charge in [0.1, 0.15) is 0 Å². The van der Waals surface area contributed by atoms with Crippen molar-refractivity contribution in [2.45, 2.75) is 41.7 Å². The number of hydrogen-bond donors (Lipinski definition) is 2. The predicted molar refractivity (Wildman–Crippen MR) is 130 cm³/mol. The maximum Gasteiger partial charge on any atom is 0.290 e. The van der Waals surface area contributed by atoms with E-state index in [4.69, 9.17) is 32.0 Å². The zero-order valence-corrected chi connectivity index (χ0v) is 20.5. The Morgan fingerprint density at radius 1 is 1.32 bits per heavy atom. The zero-order valence-electron chi connectivity index (χ0n) is 18.9. The number of piperidine rings is 1. The fraction of sp³-hybridized carbons (Fsp3) is 0.455. The summed E-state index contributed by atoms with van der Waals surface area (Å²) in [5.41, 5.74) is 7.18. The van der Waals surface area contributed by atoms with E-state index in [-0.39, 0.29) is 29.6 Å². The summed E-state index contributed by atoms with van der Waals surface area (Å²) in [6.45, 7) is 4.12. The molecule has 0 aliphatic carbocycles. The van der Waals surface area contributed by atoms with Gasteiger partial charge in [-0.25, -0.2) is 9.50 Å². The minimum atomic E-state index is -0.250. The first-order valence-corrected chi connectivity index (χ1v) is 12.1. The number of ether oxygens (including phenoxy) is 1. The molecule has 3 aromatic rings. The van der Waals surface area contributed by atoms with Gasteiger partial charge in [-0.15, -0.1) is 0 Å². The number of carbonyl (C=O) groups is 1. The van der Waals surface area contributed by atoms with Gasteiger partial charge in [0.25, 0.3) is 12.0 Å². The van der Waals surface area contributed by atoms with Crippen molar-refractivity contribution in [3.8, 4) is 0 Å². The van der Waals surface area contributed by atoms with E-state index in [0.29, 0.717) is 22.5 Å². The minimum absolute atomic E-state index is 0.0354. The number of rotatable bonds is 3.